The largest absolute Gasteiger partial charge is 0.444 e. The van der Waals surface area contributed by atoms with Gasteiger partial charge in [0.25, 0.3) is 0 Å². The fourth-order valence-electron chi connectivity index (χ4n) is 2.66. The Morgan fingerprint density at radius 2 is 2.22 bits per heavy atom. The minimum atomic E-state index is -0.462. The molecule has 1 spiro atoms. The third kappa shape index (κ3) is 3.14. The zero-order valence-corrected chi connectivity index (χ0v) is 11.5. The summed E-state index contributed by atoms with van der Waals surface area (Å²) in [6.07, 6.45) is 2.92. The molecule has 2 N–H and O–H groups in total. The van der Waals surface area contributed by atoms with Crippen molar-refractivity contribution in [3.05, 3.63) is 0 Å². The highest BCUT2D eigenvalue weighted by Crippen LogP contribution is 2.30. The van der Waals surface area contributed by atoms with Crippen molar-refractivity contribution in [2.45, 2.75) is 57.3 Å². The molecule has 0 aliphatic carbocycles. The Labute approximate surface area is 109 Å². The number of carbonyl (C=O) groups is 1. The van der Waals surface area contributed by atoms with E-state index in [1.54, 1.807) is 0 Å². The summed E-state index contributed by atoms with van der Waals surface area (Å²) in [6, 6.07) is 0.00708. The van der Waals surface area contributed by atoms with Crippen LogP contribution in [0.1, 0.15) is 40.0 Å². The summed E-state index contributed by atoms with van der Waals surface area (Å²) in [6.45, 7) is 7.95. The maximum Gasteiger partial charge on any atom is 0.408 e. The van der Waals surface area contributed by atoms with Gasteiger partial charge in [-0.05, 0) is 40.0 Å². The van der Waals surface area contributed by atoms with Crippen LogP contribution in [0.2, 0.25) is 0 Å². The molecule has 104 valence electrons. The molecular formula is C13H24N2O3. The van der Waals surface area contributed by atoms with Gasteiger partial charge in [0, 0.05) is 19.7 Å². The van der Waals surface area contributed by atoms with Crippen molar-refractivity contribution in [2.75, 3.05) is 19.7 Å². The number of ether oxygens (including phenoxy) is 2. The Bertz CT molecular complexity index is 306. The van der Waals surface area contributed by atoms with Crippen LogP contribution >= 0.6 is 0 Å². The molecule has 2 unspecified atom stereocenters. The van der Waals surface area contributed by atoms with Crippen molar-refractivity contribution < 1.29 is 14.3 Å². The molecular weight excluding hydrogens is 232 g/mol. The minimum absolute atomic E-state index is 0.00708. The summed E-state index contributed by atoms with van der Waals surface area (Å²) in [5.41, 5.74) is -0.689. The average molecular weight is 256 g/mol. The summed E-state index contributed by atoms with van der Waals surface area (Å²) >= 11 is 0. The van der Waals surface area contributed by atoms with Gasteiger partial charge in [-0.2, -0.15) is 0 Å². The molecule has 0 bridgehead atoms. The van der Waals surface area contributed by atoms with Crippen molar-refractivity contribution in [3.63, 3.8) is 0 Å². The van der Waals surface area contributed by atoms with Gasteiger partial charge >= 0.3 is 6.09 Å². The van der Waals surface area contributed by atoms with E-state index < -0.39 is 5.60 Å². The number of hydrogen-bond donors (Lipinski definition) is 2. The highest BCUT2D eigenvalue weighted by molar-refractivity contribution is 5.68. The molecule has 2 atom stereocenters. The minimum Gasteiger partial charge on any atom is -0.444 e. The van der Waals surface area contributed by atoms with Crippen LogP contribution in [-0.4, -0.2) is 43.0 Å². The first kappa shape index (κ1) is 13.6. The number of nitrogens with one attached hydrogen (secondary N) is 2. The second-order valence-electron chi connectivity index (χ2n) is 6.20. The Hall–Kier alpha value is -0.810. The third-order valence-electron chi connectivity index (χ3n) is 3.48. The molecule has 2 heterocycles. The van der Waals surface area contributed by atoms with Crippen LogP contribution in [0, 0.1) is 0 Å². The lowest BCUT2D eigenvalue weighted by Gasteiger charge is -2.38. The average Bonchev–Trinajstić information content (AvgIpc) is 2.60. The van der Waals surface area contributed by atoms with Crippen molar-refractivity contribution >= 4 is 6.09 Å². The Kier molecular flexibility index (Phi) is 3.82. The van der Waals surface area contributed by atoms with E-state index in [4.69, 9.17) is 9.47 Å². The van der Waals surface area contributed by atoms with Crippen LogP contribution in [0.3, 0.4) is 0 Å². The van der Waals surface area contributed by atoms with E-state index in [-0.39, 0.29) is 17.7 Å². The maximum atomic E-state index is 11.8. The fraction of sp³-hybridized carbons (Fsp3) is 0.923. The summed E-state index contributed by atoms with van der Waals surface area (Å²) in [4.78, 5) is 11.8. The molecule has 2 saturated heterocycles. The summed E-state index contributed by atoms with van der Waals surface area (Å²) in [7, 11) is 0. The zero-order valence-electron chi connectivity index (χ0n) is 11.5. The van der Waals surface area contributed by atoms with Gasteiger partial charge in [0.05, 0.1) is 6.04 Å². The summed E-state index contributed by atoms with van der Waals surface area (Å²) < 4.78 is 11.2. The highest BCUT2D eigenvalue weighted by Gasteiger charge is 2.46. The molecule has 0 aromatic heterocycles. The topological polar surface area (TPSA) is 59.6 Å². The van der Waals surface area contributed by atoms with Gasteiger partial charge in [0.2, 0.25) is 0 Å². The standard InChI is InChI=1S/C13H24N2O3/c1-12(2,3)18-11(16)15-10-8-14-9-13(10)6-4-5-7-17-13/h10,14H,4-9H2,1-3H3,(H,15,16). The fourth-order valence-corrected chi connectivity index (χ4v) is 2.66. The second kappa shape index (κ2) is 5.05. The van der Waals surface area contributed by atoms with Crippen molar-refractivity contribution in [1.82, 2.24) is 10.6 Å². The Balaban J connectivity index is 1.93. The molecule has 0 radical (unpaired) electrons. The van der Waals surface area contributed by atoms with Crippen LogP contribution in [0.5, 0.6) is 0 Å². The van der Waals surface area contributed by atoms with Gasteiger partial charge in [-0.15, -0.1) is 0 Å². The van der Waals surface area contributed by atoms with E-state index in [9.17, 15) is 4.79 Å². The molecule has 5 heteroatoms. The lowest BCUT2D eigenvalue weighted by atomic mass is 9.89. The first-order valence-corrected chi connectivity index (χ1v) is 6.75. The molecule has 0 aromatic carbocycles. The van der Waals surface area contributed by atoms with Crippen LogP contribution in [-0.2, 0) is 9.47 Å². The molecule has 0 saturated carbocycles. The van der Waals surface area contributed by atoms with Gasteiger partial charge in [-0.25, -0.2) is 4.79 Å². The van der Waals surface area contributed by atoms with Crippen molar-refractivity contribution in [1.29, 1.82) is 0 Å². The van der Waals surface area contributed by atoms with Crippen molar-refractivity contribution in [3.8, 4) is 0 Å². The number of amides is 1. The molecule has 2 aliphatic rings. The third-order valence-corrected chi connectivity index (χ3v) is 3.48. The van der Waals surface area contributed by atoms with Gasteiger partial charge in [0.15, 0.2) is 0 Å². The molecule has 1 amide bonds. The number of rotatable bonds is 1. The molecule has 5 nitrogen and oxygen atoms in total. The summed E-state index contributed by atoms with van der Waals surface area (Å²) in [5.74, 6) is 0. The SMILES string of the molecule is CC(C)(C)OC(=O)NC1CNCC12CCCCO2. The lowest BCUT2D eigenvalue weighted by molar-refractivity contribution is -0.0797. The maximum absolute atomic E-state index is 11.8. The van der Waals surface area contributed by atoms with Gasteiger partial charge in [-0.3, -0.25) is 0 Å². The molecule has 0 aromatic rings. The van der Waals surface area contributed by atoms with E-state index in [0.717, 1.165) is 39.0 Å². The summed E-state index contributed by atoms with van der Waals surface area (Å²) in [5, 5.41) is 6.25. The smallest absolute Gasteiger partial charge is 0.408 e. The molecule has 2 rings (SSSR count). The Morgan fingerprint density at radius 1 is 1.44 bits per heavy atom. The van der Waals surface area contributed by atoms with E-state index in [1.807, 2.05) is 20.8 Å². The number of alkyl carbamates (subject to hydrolysis) is 1. The van der Waals surface area contributed by atoms with E-state index in [2.05, 4.69) is 10.6 Å². The molecule has 2 aliphatic heterocycles. The highest BCUT2D eigenvalue weighted by atomic mass is 16.6. The Morgan fingerprint density at radius 3 is 2.83 bits per heavy atom. The quantitative estimate of drug-likeness (QED) is 0.745. The molecule has 18 heavy (non-hydrogen) atoms. The van der Waals surface area contributed by atoms with Gasteiger partial charge in [-0.1, -0.05) is 0 Å². The normalized spacial score (nSPS) is 32.5. The van der Waals surface area contributed by atoms with Crippen LogP contribution in [0.15, 0.2) is 0 Å². The number of hydrogen-bond acceptors (Lipinski definition) is 4. The first-order chi connectivity index (χ1) is 8.41. The number of carbonyl (C=O) groups excluding carboxylic acids is 1. The predicted molar refractivity (Wildman–Crippen MR) is 68.6 cm³/mol. The van der Waals surface area contributed by atoms with E-state index in [0.29, 0.717) is 0 Å². The van der Waals surface area contributed by atoms with Crippen LogP contribution in [0.25, 0.3) is 0 Å². The first-order valence-electron chi connectivity index (χ1n) is 6.75. The zero-order chi connectivity index (χ0) is 13.2. The predicted octanol–water partition coefficient (Wildman–Crippen LogP) is 1.42. The molecule has 2 fully saturated rings. The van der Waals surface area contributed by atoms with Gasteiger partial charge < -0.3 is 20.1 Å². The lowest BCUT2D eigenvalue weighted by Crippen LogP contribution is -2.55. The monoisotopic (exact) mass is 256 g/mol. The van der Waals surface area contributed by atoms with Crippen LogP contribution < -0.4 is 10.6 Å². The van der Waals surface area contributed by atoms with Crippen molar-refractivity contribution in [2.24, 2.45) is 0 Å². The second-order valence-corrected chi connectivity index (χ2v) is 6.20. The van der Waals surface area contributed by atoms with Crippen LogP contribution in [0.4, 0.5) is 4.79 Å². The van der Waals surface area contributed by atoms with E-state index in [1.165, 1.54) is 0 Å². The van der Waals surface area contributed by atoms with E-state index >= 15 is 0 Å². The van der Waals surface area contributed by atoms with Gasteiger partial charge in [0.1, 0.15) is 11.2 Å².